The second kappa shape index (κ2) is 5.74. The van der Waals surface area contributed by atoms with Crippen molar-refractivity contribution < 1.29 is 13.2 Å². The minimum atomic E-state index is -4.31. The fourth-order valence-electron chi connectivity index (χ4n) is 1.68. The SMILES string of the molecule is C=Cc1ccccc1N=Cc1ccc(C(F)(F)F)cc1. The van der Waals surface area contributed by atoms with Crippen LogP contribution in [0.3, 0.4) is 0 Å². The highest BCUT2D eigenvalue weighted by atomic mass is 19.4. The highest BCUT2D eigenvalue weighted by Gasteiger charge is 2.29. The topological polar surface area (TPSA) is 12.4 Å². The average molecular weight is 275 g/mol. The molecule has 0 N–H and O–H groups in total. The third-order valence-corrected chi connectivity index (χ3v) is 2.75. The van der Waals surface area contributed by atoms with E-state index in [9.17, 15) is 13.2 Å². The molecule has 0 atom stereocenters. The van der Waals surface area contributed by atoms with Crippen LogP contribution in [0.15, 0.2) is 60.1 Å². The predicted molar refractivity (Wildman–Crippen MR) is 75.2 cm³/mol. The van der Waals surface area contributed by atoms with E-state index in [4.69, 9.17) is 0 Å². The molecule has 0 bridgehead atoms. The zero-order chi connectivity index (χ0) is 14.6. The van der Waals surface area contributed by atoms with Gasteiger partial charge in [-0.1, -0.05) is 43.0 Å². The molecule has 1 nitrogen and oxygen atoms in total. The summed E-state index contributed by atoms with van der Waals surface area (Å²) in [5, 5.41) is 0. The molecule has 102 valence electrons. The number of benzene rings is 2. The molecule has 0 radical (unpaired) electrons. The van der Waals surface area contributed by atoms with E-state index in [1.54, 1.807) is 6.08 Å². The summed E-state index contributed by atoms with van der Waals surface area (Å²) in [5.41, 5.74) is 1.54. The van der Waals surface area contributed by atoms with Gasteiger partial charge in [0.05, 0.1) is 11.3 Å². The van der Waals surface area contributed by atoms with Crippen LogP contribution in [-0.2, 0) is 6.18 Å². The summed E-state index contributed by atoms with van der Waals surface area (Å²) in [5.74, 6) is 0. The van der Waals surface area contributed by atoms with Crippen molar-refractivity contribution in [1.82, 2.24) is 0 Å². The van der Waals surface area contributed by atoms with E-state index in [0.29, 0.717) is 5.56 Å². The zero-order valence-electron chi connectivity index (χ0n) is 10.6. The van der Waals surface area contributed by atoms with E-state index in [1.807, 2.05) is 24.3 Å². The number of hydrogen-bond donors (Lipinski definition) is 0. The first-order valence-electron chi connectivity index (χ1n) is 5.93. The second-order valence-corrected chi connectivity index (χ2v) is 4.14. The third kappa shape index (κ3) is 3.35. The quantitative estimate of drug-likeness (QED) is 0.691. The fourth-order valence-corrected chi connectivity index (χ4v) is 1.68. The molecule has 0 spiro atoms. The Bertz CT molecular complexity index is 625. The Labute approximate surface area is 115 Å². The lowest BCUT2D eigenvalue weighted by molar-refractivity contribution is -0.137. The Morgan fingerprint density at radius 2 is 1.60 bits per heavy atom. The average Bonchev–Trinajstić information content (AvgIpc) is 2.45. The molecule has 0 aromatic heterocycles. The Morgan fingerprint density at radius 1 is 0.950 bits per heavy atom. The van der Waals surface area contributed by atoms with Gasteiger partial charge >= 0.3 is 6.18 Å². The predicted octanol–water partition coefficient (Wildman–Crippen LogP) is 5.10. The number of hydrogen-bond acceptors (Lipinski definition) is 1. The maximum Gasteiger partial charge on any atom is 0.416 e. The van der Waals surface area contributed by atoms with E-state index in [-0.39, 0.29) is 0 Å². The molecule has 0 saturated heterocycles. The lowest BCUT2D eigenvalue weighted by atomic mass is 10.1. The molecule has 0 fully saturated rings. The molecule has 2 aromatic carbocycles. The summed E-state index contributed by atoms with van der Waals surface area (Å²) < 4.78 is 37.3. The summed E-state index contributed by atoms with van der Waals surface area (Å²) in [4.78, 5) is 4.26. The molecule has 2 rings (SSSR count). The largest absolute Gasteiger partial charge is 0.416 e. The number of nitrogens with zero attached hydrogens (tertiary/aromatic N) is 1. The van der Waals surface area contributed by atoms with Crippen LogP contribution in [0.1, 0.15) is 16.7 Å². The first kappa shape index (κ1) is 14.1. The van der Waals surface area contributed by atoms with Crippen LogP contribution in [0.25, 0.3) is 6.08 Å². The van der Waals surface area contributed by atoms with Crippen LogP contribution in [0.5, 0.6) is 0 Å². The maximum absolute atomic E-state index is 12.4. The smallest absolute Gasteiger partial charge is 0.256 e. The van der Waals surface area contributed by atoms with Crippen LogP contribution >= 0.6 is 0 Å². The van der Waals surface area contributed by atoms with E-state index in [0.717, 1.165) is 23.4 Å². The van der Waals surface area contributed by atoms with Gasteiger partial charge in [-0.25, -0.2) is 0 Å². The van der Waals surface area contributed by atoms with Crippen molar-refractivity contribution in [2.75, 3.05) is 0 Å². The molecule has 0 aliphatic heterocycles. The second-order valence-electron chi connectivity index (χ2n) is 4.14. The Hall–Kier alpha value is -2.36. The number of rotatable bonds is 3. The molecule has 20 heavy (non-hydrogen) atoms. The Morgan fingerprint density at radius 3 is 2.20 bits per heavy atom. The van der Waals surface area contributed by atoms with E-state index in [2.05, 4.69) is 11.6 Å². The standard InChI is InChI=1S/C16H12F3N/c1-2-13-5-3-4-6-15(13)20-11-12-7-9-14(10-8-12)16(17,18)19/h2-11H,1H2. The summed E-state index contributed by atoms with van der Waals surface area (Å²) in [7, 11) is 0. The highest BCUT2D eigenvalue weighted by molar-refractivity contribution is 5.83. The van der Waals surface area contributed by atoms with Crippen molar-refractivity contribution in [3.05, 3.63) is 71.8 Å². The fraction of sp³-hybridized carbons (Fsp3) is 0.0625. The number of aliphatic imine (C=N–C) groups is 1. The Kier molecular flexibility index (Phi) is 4.03. The van der Waals surface area contributed by atoms with Gasteiger partial charge < -0.3 is 0 Å². The van der Waals surface area contributed by atoms with Gasteiger partial charge in [0.2, 0.25) is 0 Å². The molecule has 0 amide bonds. The molecule has 0 aliphatic carbocycles. The van der Waals surface area contributed by atoms with Crippen molar-refractivity contribution in [2.24, 2.45) is 4.99 Å². The first-order valence-corrected chi connectivity index (χ1v) is 5.93. The van der Waals surface area contributed by atoms with Gasteiger partial charge in [0.25, 0.3) is 0 Å². The minimum Gasteiger partial charge on any atom is -0.256 e. The number of para-hydroxylation sites is 1. The molecule has 4 heteroatoms. The van der Waals surface area contributed by atoms with Gasteiger partial charge in [-0.05, 0) is 29.3 Å². The van der Waals surface area contributed by atoms with E-state index >= 15 is 0 Å². The van der Waals surface area contributed by atoms with Crippen LogP contribution in [0.2, 0.25) is 0 Å². The molecular formula is C16H12F3N. The zero-order valence-corrected chi connectivity index (χ0v) is 10.6. The molecule has 0 saturated carbocycles. The lowest BCUT2D eigenvalue weighted by Crippen LogP contribution is -2.04. The van der Waals surface area contributed by atoms with Crippen molar-refractivity contribution in [3.8, 4) is 0 Å². The molecule has 2 aromatic rings. The van der Waals surface area contributed by atoms with Gasteiger partial charge in [-0.2, -0.15) is 13.2 Å². The van der Waals surface area contributed by atoms with Crippen molar-refractivity contribution >= 4 is 18.0 Å². The van der Waals surface area contributed by atoms with Gasteiger partial charge in [-0.15, -0.1) is 0 Å². The summed E-state index contributed by atoms with van der Waals surface area (Å²) in [6.45, 7) is 3.69. The van der Waals surface area contributed by atoms with Crippen molar-refractivity contribution in [3.63, 3.8) is 0 Å². The number of halogens is 3. The molecular weight excluding hydrogens is 263 g/mol. The Balaban J connectivity index is 2.22. The van der Waals surface area contributed by atoms with Gasteiger partial charge in [0.1, 0.15) is 0 Å². The van der Waals surface area contributed by atoms with Crippen LogP contribution in [0, 0.1) is 0 Å². The van der Waals surface area contributed by atoms with E-state index in [1.165, 1.54) is 18.3 Å². The van der Waals surface area contributed by atoms with Crippen molar-refractivity contribution in [1.29, 1.82) is 0 Å². The highest BCUT2D eigenvalue weighted by Crippen LogP contribution is 2.29. The summed E-state index contributed by atoms with van der Waals surface area (Å²) >= 11 is 0. The van der Waals surface area contributed by atoms with Crippen LogP contribution in [-0.4, -0.2) is 6.21 Å². The van der Waals surface area contributed by atoms with E-state index < -0.39 is 11.7 Å². The lowest BCUT2D eigenvalue weighted by Gasteiger charge is -2.05. The third-order valence-electron chi connectivity index (χ3n) is 2.75. The molecule has 0 heterocycles. The first-order chi connectivity index (χ1) is 9.50. The molecule has 0 aliphatic rings. The van der Waals surface area contributed by atoms with Gasteiger partial charge in [0.15, 0.2) is 0 Å². The number of alkyl halides is 3. The monoisotopic (exact) mass is 275 g/mol. The minimum absolute atomic E-state index is 0.608. The summed E-state index contributed by atoms with van der Waals surface area (Å²) in [6.07, 6.45) is -1.10. The van der Waals surface area contributed by atoms with Gasteiger partial charge in [-0.3, -0.25) is 4.99 Å². The maximum atomic E-state index is 12.4. The van der Waals surface area contributed by atoms with Crippen LogP contribution < -0.4 is 0 Å². The molecule has 0 unspecified atom stereocenters. The normalized spacial score (nSPS) is 11.8. The van der Waals surface area contributed by atoms with Gasteiger partial charge in [0, 0.05) is 6.21 Å². The van der Waals surface area contributed by atoms with Crippen LogP contribution in [0.4, 0.5) is 18.9 Å². The van der Waals surface area contributed by atoms with Crippen molar-refractivity contribution in [2.45, 2.75) is 6.18 Å². The summed E-state index contributed by atoms with van der Waals surface area (Å²) in [6, 6.07) is 12.3.